The molecule has 0 bridgehead atoms. The molecule has 1 N–H and O–H groups in total. The molecule has 2 nitrogen and oxygen atoms in total. The zero-order valence-corrected chi connectivity index (χ0v) is 11.7. The summed E-state index contributed by atoms with van der Waals surface area (Å²) in [4.78, 5) is 0. The molecule has 0 aromatic heterocycles. The number of rotatable bonds is 6. The largest absolute Gasteiger partial charge is 0.383 e. The standard InChI is InChI=1S/C15H25NO/c1-11-6-7-15(10-12(11)2)13(3)14(4)16-8-9-17-5/h6-7,10,13-14,16H,8-9H2,1-5H3. The van der Waals surface area contributed by atoms with Crippen LogP contribution in [-0.2, 0) is 4.74 Å². The van der Waals surface area contributed by atoms with Gasteiger partial charge in [-0.05, 0) is 43.4 Å². The van der Waals surface area contributed by atoms with Crippen LogP contribution in [0.1, 0.15) is 36.5 Å². The van der Waals surface area contributed by atoms with E-state index in [9.17, 15) is 0 Å². The molecular weight excluding hydrogens is 210 g/mol. The van der Waals surface area contributed by atoms with Crippen LogP contribution in [0, 0.1) is 13.8 Å². The zero-order valence-electron chi connectivity index (χ0n) is 11.7. The molecule has 0 aliphatic heterocycles. The average Bonchev–Trinajstić information content (AvgIpc) is 2.32. The van der Waals surface area contributed by atoms with Crippen molar-refractivity contribution in [3.63, 3.8) is 0 Å². The zero-order chi connectivity index (χ0) is 12.8. The molecule has 2 unspecified atom stereocenters. The molecule has 1 aromatic carbocycles. The summed E-state index contributed by atoms with van der Waals surface area (Å²) >= 11 is 0. The summed E-state index contributed by atoms with van der Waals surface area (Å²) in [5, 5.41) is 3.49. The van der Waals surface area contributed by atoms with Crippen LogP contribution in [0.2, 0.25) is 0 Å². The number of methoxy groups -OCH3 is 1. The molecule has 0 spiro atoms. The van der Waals surface area contributed by atoms with Crippen molar-refractivity contribution in [3.05, 3.63) is 34.9 Å². The lowest BCUT2D eigenvalue weighted by atomic mass is 9.92. The van der Waals surface area contributed by atoms with Gasteiger partial charge >= 0.3 is 0 Å². The molecule has 0 saturated carbocycles. The first-order chi connectivity index (χ1) is 8.06. The number of aryl methyl sites for hydroxylation is 2. The first kappa shape index (κ1) is 14.2. The van der Waals surface area contributed by atoms with Gasteiger partial charge in [0, 0.05) is 19.7 Å². The van der Waals surface area contributed by atoms with Gasteiger partial charge in [0.2, 0.25) is 0 Å². The predicted octanol–water partition coefficient (Wildman–Crippen LogP) is 3.03. The smallest absolute Gasteiger partial charge is 0.0587 e. The Morgan fingerprint density at radius 1 is 1.18 bits per heavy atom. The minimum Gasteiger partial charge on any atom is -0.383 e. The van der Waals surface area contributed by atoms with E-state index in [2.05, 4.69) is 51.2 Å². The second-order valence-electron chi connectivity index (χ2n) is 4.87. The lowest BCUT2D eigenvalue weighted by molar-refractivity contribution is 0.195. The van der Waals surface area contributed by atoms with Crippen LogP contribution in [0.25, 0.3) is 0 Å². The van der Waals surface area contributed by atoms with E-state index in [4.69, 9.17) is 4.74 Å². The fourth-order valence-corrected chi connectivity index (χ4v) is 1.90. The molecule has 0 amide bonds. The molecule has 0 fully saturated rings. The number of ether oxygens (including phenoxy) is 1. The maximum atomic E-state index is 5.05. The highest BCUT2D eigenvalue weighted by atomic mass is 16.5. The fraction of sp³-hybridized carbons (Fsp3) is 0.600. The minimum atomic E-state index is 0.465. The van der Waals surface area contributed by atoms with E-state index in [0.717, 1.165) is 13.2 Å². The molecule has 2 heteroatoms. The number of benzene rings is 1. The number of hydrogen-bond donors (Lipinski definition) is 1. The maximum absolute atomic E-state index is 5.05. The quantitative estimate of drug-likeness (QED) is 0.765. The van der Waals surface area contributed by atoms with E-state index in [1.54, 1.807) is 7.11 Å². The Balaban J connectivity index is 2.61. The van der Waals surface area contributed by atoms with Gasteiger partial charge in [0.15, 0.2) is 0 Å². The molecule has 96 valence electrons. The first-order valence-electron chi connectivity index (χ1n) is 6.35. The summed E-state index contributed by atoms with van der Waals surface area (Å²) in [7, 11) is 1.74. The van der Waals surface area contributed by atoms with Crippen LogP contribution >= 0.6 is 0 Å². The third kappa shape index (κ3) is 4.14. The Kier molecular flexibility index (Phi) is 5.66. The number of hydrogen-bond acceptors (Lipinski definition) is 2. The van der Waals surface area contributed by atoms with Crippen molar-refractivity contribution < 1.29 is 4.74 Å². The Morgan fingerprint density at radius 3 is 2.47 bits per heavy atom. The summed E-state index contributed by atoms with van der Waals surface area (Å²) in [6.07, 6.45) is 0. The van der Waals surface area contributed by atoms with Crippen LogP contribution in [-0.4, -0.2) is 26.3 Å². The van der Waals surface area contributed by atoms with E-state index in [-0.39, 0.29) is 0 Å². The van der Waals surface area contributed by atoms with E-state index in [1.165, 1.54) is 16.7 Å². The van der Waals surface area contributed by atoms with Gasteiger partial charge in [-0.1, -0.05) is 25.1 Å². The maximum Gasteiger partial charge on any atom is 0.0587 e. The van der Waals surface area contributed by atoms with Gasteiger partial charge < -0.3 is 10.1 Å². The van der Waals surface area contributed by atoms with Crippen molar-refractivity contribution in [2.45, 2.75) is 39.7 Å². The van der Waals surface area contributed by atoms with Gasteiger partial charge in [0.1, 0.15) is 0 Å². The van der Waals surface area contributed by atoms with Gasteiger partial charge in [0.25, 0.3) is 0 Å². The summed E-state index contributed by atoms with van der Waals surface area (Å²) in [6, 6.07) is 7.21. The summed E-state index contributed by atoms with van der Waals surface area (Å²) < 4.78 is 5.05. The first-order valence-corrected chi connectivity index (χ1v) is 6.35. The molecule has 1 aromatic rings. The van der Waals surface area contributed by atoms with Gasteiger partial charge in [-0.15, -0.1) is 0 Å². The second kappa shape index (κ2) is 6.77. The number of nitrogens with one attached hydrogen (secondary N) is 1. The highest BCUT2D eigenvalue weighted by Gasteiger charge is 2.13. The monoisotopic (exact) mass is 235 g/mol. The van der Waals surface area contributed by atoms with Crippen molar-refractivity contribution in [2.24, 2.45) is 0 Å². The lowest BCUT2D eigenvalue weighted by Gasteiger charge is -2.22. The molecule has 2 atom stereocenters. The van der Waals surface area contributed by atoms with Crippen molar-refractivity contribution in [2.75, 3.05) is 20.3 Å². The van der Waals surface area contributed by atoms with E-state index >= 15 is 0 Å². The third-order valence-electron chi connectivity index (χ3n) is 3.58. The highest BCUT2D eigenvalue weighted by molar-refractivity contribution is 5.32. The second-order valence-corrected chi connectivity index (χ2v) is 4.87. The Bertz CT molecular complexity index is 349. The fourth-order valence-electron chi connectivity index (χ4n) is 1.90. The van der Waals surface area contributed by atoms with Gasteiger partial charge in [0.05, 0.1) is 6.61 Å². The van der Waals surface area contributed by atoms with Crippen molar-refractivity contribution in [1.82, 2.24) is 5.32 Å². The Labute approximate surface area is 105 Å². The van der Waals surface area contributed by atoms with Crippen LogP contribution in [0.3, 0.4) is 0 Å². The SMILES string of the molecule is COCCNC(C)C(C)c1ccc(C)c(C)c1. The van der Waals surface area contributed by atoms with Crippen molar-refractivity contribution >= 4 is 0 Å². The summed E-state index contributed by atoms with van der Waals surface area (Å²) in [5.74, 6) is 0.520. The summed E-state index contributed by atoms with van der Waals surface area (Å²) in [5.41, 5.74) is 4.14. The minimum absolute atomic E-state index is 0.465. The Morgan fingerprint density at radius 2 is 1.88 bits per heavy atom. The molecular formula is C15H25NO. The molecule has 0 saturated heterocycles. The average molecular weight is 235 g/mol. The molecule has 0 aliphatic rings. The lowest BCUT2D eigenvalue weighted by Crippen LogP contribution is -2.33. The van der Waals surface area contributed by atoms with Crippen molar-refractivity contribution in [1.29, 1.82) is 0 Å². The van der Waals surface area contributed by atoms with Crippen LogP contribution < -0.4 is 5.32 Å². The van der Waals surface area contributed by atoms with E-state index in [1.807, 2.05) is 0 Å². The molecule has 0 radical (unpaired) electrons. The highest BCUT2D eigenvalue weighted by Crippen LogP contribution is 2.21. The van der Waals surface area contributed by atoms with Gasteiger partial charge in [-0.3, -0.25) is 0 Å². The normalized spacial score (nSPS) is 14.6. The summed E-state index contributed by atoms with van der Waals surface area (Å²) in [6.45, 7) is 10.5. The molecule has 1 rings (SSSR count). The van der Waals surface area contributed by atoms with Crippen LogP contribution in [0.15, 0.2) is 18.2 Å². The predicted molar refractivity (Wildman–Crippen MR) is 73.7 cm³/mol. The molecule has 0 aliphatic carbocycles. The van der Waals surface area contributed by atoms with Gasteiger partial charge in [-0.25, -0.2) is 0 Å². The van der Waals surface area contributed by atoms with E-state index in [0.29, 0.717) is 12.0 Å². The van der Waals surface area contributed by atoms with Crippen LogP contribution in [0.4, 0.5) is 0 Å². The van der Waals surface area contributed by atoms with Crippen LogP contribution in [0.5, 0.6) is 0 Å². The van der Waals surface area contributed by atoms with E-state index < -0.39 is 0 Å². The molecule has 17 heavy (non-hydrogen) atoms. The Hall–Kier alpha value is -0.860. The molecule has 0 heterocycles. The van der Waals surface area contributed by atoms with Crippen molar-refractivity contribution in [3.8, 4) is 0 Å². The van der Waals surface area contributed by atoms with Gasteiger partial charge in [-0.2, -0.15) is 0 Å². The topological polar surface area (TPSA) is 21.3 Å². The third-order valence-corrected chi connectivity index (χ3v) is 3.58.